The SMILES string of the molecule is CNC(=O)C1CCCN(c2ccc([C@@H](C)N)cc2)C1. The number of nitrogens with one attached hydrogen (secondary N) is 1. The Bertz CT molecular complexity index is 428. The Kier molecular flexibility index (Phi) is 4.43. The Morgan fingerprint density at radius 1 is 1.42 bits per heavy atom. The predicted octanol–water partition coefficient (Wildman–Crippen LogP) is 1.67. The van der Waals surface area contributed by atoms with E-state index >= 15 is 0 Å². The second-order valence-corrected chi connectivity index (χ2v) is 5.28. The third-order valence-electron chi connectivity index (χ3n) is 3.82. The fraction of sp³-hybridized carbons (Fsp3) is 0.533. The molecule has 1 aromatic carbocycles. The summed E-state index contributed by atoms with van der Waals surface area (Å²) in [5.74, 6) is 0.253. The molecule has 0 saturated carbocycles. The summed E-state index contributed by atoms with van der Waals surface area (Å²) in [6.45, 7) is 3.81. The molecule has 1 saturated heterocycles. The molecular weight excluding hydrogens is 238 g/mol. The second-order valence-electron chi connectivity index (χ2n) is 5.28. The van der Waals surface area contributed by atoms with Crippen molar-refractivity contribution in [1.82, 2.24) is 5.32 Å². The lowest BCUT2D eigenvalue weighted by atomic mass is 9.96. The molecule has 1 aromatic rings. The molecule has 2 rings (SSSR count). The van der Waals surface area contributed by atoms with E-state index in [2.05, 4.69) is 34.5 Å². The molecule has 1 heterocycles. The van der Waals surface area contributed by atoms with Crippen LogP contribution in [0.3, 0.4) is 0 Å². The molecule has 1 aliphatic rings. The first-order chi connectivity index (χ1) is 9.11. The summed E-state index contributed by atoms with van der Waals surface area (Å²) in [7, 11) is 1.71. The highest BCUT2D eigenvalue weighted by Crippen LogP contribution is 2.24. The van der Waals surface area contributed by atoms with Crippen LogP contribution < -0.4 is 16.0 Å². The number of nitrogens with zero attached hydrogens (tertiary/aromatic N) is 1. The summed E-state index contributed by atoms with van der Waals surface area (Å²) < 4.78 is 0. The summed E-state index contributed by atoms with van der Waals surface area (Å²) in [5.41, 5.74) is 8.18. The van der Waals surface area contributed by atoms with Crippen LogP contribution in [0.15, 0.2) is 24.3 Å². The van der Waals surface area contributed by atoms with Gasteiger partial charge in [0.2, 0.25) is 5.91 Å². The molecule has 104 valence electrons. The maximum Gasteiger partial charge on any atom is 0.224 e. The van der Waals surface area contributed by atoms with Crippen molar-refractivity contribution in [2.24, 2.45) is 11.7 Å². The second kappa shape index (κ2) is 6.06. The number of benzene rings is 1. The fourth-order valence-electron chi connectivity index (χ4n) is 2.62. The van der Waals surface area contributed by atoms with Crippen LogP contribution in [-0.2, 0) is 4.79 Å². The number of anilines is 1. The fourth-order valence-corrected chi connectivity index (χ4v) is 2.62. The van der Waals surface area contributed by atoms with Crippen LogP contribution in [0.5, 0.6) is 0 Å². The van der Waals surface area contributed by atoms with Gasteiger partial charge in [-0.3, -0.25) is 4.79 Å². The van der Waals surface area contributed by atoms with Crippen LogP contribution in [-0.4, -0.2) is 26.0 Å². The summed E-state index contributed by atoms with van der Waals surface area (Å²) in [4.78, 5) is 14.0. The van der Waals surface area contributed by atoms with E-state index in [9.17, 15) is 4.79 Å². The van der Waals surface area contributed by atoms with E-state index < -0.39 is 0 Å². The topological polar surface area (TPSA) is 58.4 Å². The highest BCUT2D eigenvalue weighted by Gasteiger charge is 2.25. The van der Waals surface area contributed by atoms with Crippen LogP contribution in [0.2, 0.25) is 0 Å². The zero-order chi connectivity index (χ0) is 13.8. The van der Waals surface area contributed by atoms with Gasteiger partial charge in [0.25, 0.3) is 0 Å². The zero-order valence-corrected chi connectivity index (χ0v) is 11.7. The highest BCUT2D eigenvalue weighted by molar-refractivity contribution is 5.79. The Labute approximate surface area is 115 Å². The third-order valence-corrected chi connectivity index (χ3v) is 3.82. The lowest BCUT2D eigenvalue weighted by Gasteiger charge is -2.33. The van der Waals surface area contributed by atoms with Crippen molar-refractivity contribution in [3.05, 3.63) is 29.8 Å². The van der Waals surface area contributed by atoms with Gasteiger partial charge in [-0.15, -0.1) is 0 Å². The van der Waals surface area contributed by atoms with Crippen LogP contribution in [0, 0.1) is 5.92 Å². The molecule has 3 N–H and O–H groups in total. The molecule has 2 atom stereocenters. The first-order valence-corrected chi connectivity index (χ1v) is 6.94. The standard InChI is InChI=1S/C15H23N3O/c1-11(16)12-5-7-14(8-6-12)18-9-3-4-13(10-18)15(19)17-2/h5-8,11,13H,3-4,9-10,16H2,1-2H3,(H,17,19)/t11-,13?/m1/s1. The van der Waals surface area contributed by atoms with E-state index in [-0.39, 0.29) is 17.9 Å². The van der Waals surface area contributed by atoms with E-state index in [1.165, 1.54) is 5.69 Å². The van der Waals surface area contributed by atoms with E-state index in [0.717, 1.165) is 31.5 Å². The predicted molar refractivity (Wildman–Crippen MR) is 78.0 cm³/mol. The number of piperidine rings is 1. The minimum Gasteiger partial charge on any atom is -0.371 e. The first kappa shape index (κ1) is 13.9. The molecule has 0 bridgehead atoms. The van der Waals surface area contributed by atoms with Crippen LogP contribution in [0.25, 0.3) is 0 Å². The Hall–Kier alpha value is -1.55. The summed E-state index contributed by atoms with van der Waals surface area (Å²) in [6, 6.07) is 8.41. The summed E-state index contributed by atoms with van der Waals surface area (Å²) in [5, 5.41) is 2.75. The molecule has 0 aromatic heterocycles. The maximum atomic E-state index is 11.7. The number of nitrogens with two attached hydrogens (primary N) is 1. The normalized spacial score (nSPS) is 21.0. The molecule has 0 aliphatic carbocycles. The van der Waals surface area contributed by atoms with Gasteiger partial charge in [-0.25, -0.2) is 0 Å². The lowest BCUT2D eigenvalue weighted by molar-refractivity contribution is -0.124. The number of amides is 1. The molecule has 4 nitrogen and oxygen atoms in total. The lowest BCUT2D eigenvalue weighted by Crippen LogP contribution is -2.42. The minimum atomic E-state index is 0.0639. The van der Waals surface area contributed by atoms with Gasteiger partial charge in [-0.2, -0.15) is 0 Å². The van der Waals surface area contributed by atoms with Crippen LogP contribution >= 0.6 is 0 Å². The molecule has 4 heteroatoms. The third kappa shape index (κ3) is 3.26. The van der Waals surface area contributed by atoms with E-state index in [1.807, 2.05) is 6.92 Å². The molecule has 1 amide bonds. The molecular formula is C15H23N3O. The largest absolute Gasteiger partial charge is 0.371 e. The van der Waals surface area contributed by atoms with Crippen LogP contribution in [0.4, 0.5) is 5.69 Å². The summed E-state index contributed by atoms with van der Waals surface area (Å²) >= 11 is 0. The monoisotopic (exact) mass is 261 g/mol. The highest BCUT2D eigenvalue weighted by atomic mass is 16.1. The van der Waals surface area contributed by atoms with Gasteiger partial charge in [0.15, 0.2) is 0 Å². The smallest absolute Gasteiger partial charge is 0.224 e. The van der Waals surface area contributed by atoms with Gasteiger partial charge in [0, 0.05) is 31.9 Å². The Balaban J connectivity index is 2.06. The van der Waals surface area contributed by atoms with Gasteiger partial charge in [0.05, 0.1) is 5.92 Å². The number of hydrogen-bond acceptors (Lipinski definition) is 3. The molecule has 0 spiro atoms. The summed E-state index contributed by atoms with van der Waals surface area (Å²) in [6.07, 6.45) is 2.04. The quantitative estimate of drug-likeness (QED) is 0.870. The van der Waals surface area contributed by atoms with Crippen molar-refractivity contribution in [3.8, 4) is 0 Å². The van der Waals surface area contributed by atoms with Gasteiger partial charge >= 0.3 is 0 Å². The molecule has 19 heavy (non-hydrogen) atoms. The Morgan fingerprint density at radius 3 is 2.68 bits per heavy atom. The number of carbonyl (C=O) groups excluding carboxylic acids is 1. The van der Waals surface area contributed by atoms with E-state index in [1.54, 1.807) is 7.05 Å². The first-order valence-electron chi connectivity index (χ1n) is 6.94. The zero-order valence-electron chi connectivity index (χ0n) is 11.7. The van der Waals surface area contributed by atoms with Crippen molar-refractivity contribution in [1.29, 1.82) is 0 Å². The van der Waals surface area contributed by atoms with Crippen LogP contribution in [0.1, 0.15) is 31.4 Å². The number of rotatable bonds is 3. The van der Waals surface area contributed by atoms with Crippen molar-refractivity contribution in [3.63, 3.8) is 0 Å². The number of carbonyl (C=O) groups is 1. The van der Waals surface area contributed by atoms with E-state index in [4.69, 9.17) is 5.73 Å². The van der Waals surface area contributed by atoms with Crippen molar-refractivity contribution >= 4 is 11.6 Å². The number of hydrogen-bond donors (Lipinski definition) is 2. The van der Waals surface area contributed by atoms with Crippen molar-refractivity contribution in [2.45, 2.75) is 25.8 Å². The molecule has 0 radical (unpaired) electrons. The van der Waals surface area contributed by atoms with Gasteiger partial charge in [-0.1, -0.05) is 12.1 Å². The average molecular weight is 261 g/mol. The molecule has 1 aliphatic heterocycles. The molecule has 1 unspecified atom stereocenters. The van der Waals surface area contributed by atoms with Gasteiger partial charge < -0.3 is 16.0 Å². The Morgan fingerprint density at radius 2 is 2.11 bits per heavy atom. The molecule has 1 fully saturated rings. The van der Waals surface area contributed by atoms with E-state index in [0.29, 0.717) is 0 Å². The minimum absolute atomic E-state index is 0.0639. The van der Waals surface area contributed by atoms with Gasteiger partial charge in [0.1, 0.15) is 0 Å². The van der Waals surface area contributed by atoms with Crippen molar-refractivity contribution in [2.75, 3.05) is 25.0 Å². The van der Waals surface area contributed by atoms with Gasteiger partial charge in [-0.05, 0) is 37.5 Å². The maximum absolute atomic E-state index is 11.7. The van der Waals surface area contributed by atoms with Crippen molar-refractivity contribution < 1.29 is 4.79 Å². The average Bonchev–Trinajstić information content (AvgIpc) is 2.46.